The maximum Gasteiger partial charge on any atom is 0.306 e. The molecule has 0 aliphatic rings. The Kier molecular flexibility index (Phi) is 50.3. The van der Waals surface area contributed by atoms with Gasteiger partial charge in [-0.3, -0.25) is 9.59 Å². The van der Waals surface area contributed by atoms with Crippen LogP contribution >= 0.6 is 0 Å². The molecule has 5 heteroatoms. The van der Waals surface area contributed by atoms with Gasteiger partial charge in [0, 0.05) is 19.4 Å². The number of ether oxygens (including phenoxy) is 3. The predicted octanol–water partition coefficient (Wildman–Crippen LogP) is 18.0. The first-order valence-electron chi connectivity index (χ1n) is 26.9. The van der Waals surface area contributed by atoms with Crippen molar-refractivity contribution in [3.63, 3.8) is 0 Å². The quantitative estimate of drug-likeness (QED) is 0.0347. The zero-order valence-electron chi connectivity index (χ0n) is 40.7. The molecule has 1 atom stereocenters. The SMILES string of the molecule is CCCCC/C=C\C/C=C\CCCCCCCCOCC(COC(=O)CCCCCCCCCCCCCCCCCCC)OC(=O)CCCCCCCCCCCCC. The summed E-state index contributed by atoms with van der Waals surface area (Å²) >= 11 is 0. The molecule has 0 bridgehead atoms. The largest absolute Gasteiger partial charge is 0.462 e. The van der Waals surface area contributed by atoms with Crippen LogP contribution < -0.4 is 0 Å². The smallest absolute Gasteiger partial charge is 0.306 e. The van der Waals surface area contributed by atoms with Gasteiger partial charge < -0.3 is 14.2 Å². The van der Waals surface area contributed by atoms with Crippen molar-refractivity contribution in [1.82, 2.24) is 0 Å². The summed E-state index contributed by atoms with van der Waals surface area (Å²) < 4.78 is 17.4. The van der Waals surface area contributed by atoms with Crippen LogP contribution in [0.2, 0.25) is 0 Å². The van der Waals surface area contributed by atoms with E-state index >= 15 is 0 Å². The third-order valence-electron chi connectivity index (χ3n) is 12.0. The molecule has 354 valence electrons. The first kappa shape index (κ1) is 58.4. The normalized spacial score (nSPS) is 12.2. The van der Waals surface area contributed by atoms with E-state index in [1.54, 1.807) is 0 Å². The van der Waals surface area contributed by atoms with Crippen molar-refractivity contribution in [2.45, 2.75) is 297 Å². The van der Waals surface area contributed by atoms with Crippen molar-refractivity contribution in [3.8, 4) is 0 Å². The van der Waals surface area contributed by atoms with Gasteiger partial charge in [0.25, 0.3) is 0 Å². The molecule has 0 aromatic carbocycles. The molecule has 0 aromatic heterocycles. The molecule has 0 fully saturated rings. The highest BCUT2D eigenvalue weighted by Crippen LogP contribution is 2.16. The molecule has 0 heterocycles. The van der Waals surface area contributed by atoms with E-state index < -0.39 is 6.10 Å². The lowest BCUT2D eigenvalue weighted by Crippen LogP contribution is -2.30. The van der Waals surface area contributed by atoms with Crippen LogP contribution in [0.3, 0.4) is 0 Å². The molecule has 0 aromatic rings. The van der Waals surface area contributed by atoms with Gasteiger partial charge in [-0.2, -0.15) is 0 Å². The Bertz CT molecular complexity index is 913. The van der Waals surface area contributed by atoms with E-state index in [0.717, 1.165) is 44.9 Å². The first-order valence-corrected chi connectivity index (χ1v) is 26.9. The summed E-state index contributed by atoms with van der Waals surface area (Å²) in [5.74, 6) is -0.384. The molecule has 5 nitrogen and oxygen atoms in total. The maximum absolute atomic E-state index is 12.8. The number of hydrogen-bond donors (Lipinski definition) is 0. The number of carbonyl (C=O) groups excluding carboxylic acids is 2. The van der Waals surface area contributed by atoms with Crippen LogP contribution in [0.5, 0.6) is 0 Å². The van der Waals surface area contributed by atoms with Gasteiger partial charge in [-0.15, -0.1) is 0 Å². The van der Waals surface area contributed by atoms with Crippen molar-refractivity contribution in [2.24, 2.45) is 0 Å². The van der Waals surface area contributed by atoms with Crippen molar-refractivity contribution in [2.75, 3.05) is 19.8 Å². The molecule has 0 spiro atoms. The topological polar surface area (TPSA) is 61.8 Å². The fraction of sp³-hybridized carbons (Fsp3) is 0.891. The molecule has 60 heavy (non-hydrogen) atoms. The monoisotopic (exact) mass is 845 g/mol. The molecule has 0 saturated heterocycles. The molecule has 0 amide bonds. The minimum Gasteiger partial charge on any atom is -0.462 e. The average Bonchev–Trinajstić information content (AvgIpc) is 3.25. The molecular formula is C55H104O5. The van der Waals surface area contributed by atoms with Crippen LogP contribution in [-0.4, -0.2) is 37.9 Å². The Morgan fingerprint density at radius 2 is 0.700 bits per heavy atom. The lowest BCUT2D eigenvalue weighted by molar-refractivity contribution is -0.163. The van der Waals surface area contributed by atoms with Gasteiger partial charge in [-0.1, -0.05) is 251 Å². The summed E-state index contributed by atoms with van der Waals surface area (Å²) in [4.78, 5) is 25.4. The first-order chi connectivity index (χ1) is 29.6. The standard InChI is InChI=1S/C55H104O5/c1-4-7-10-13-16-19-22-24-26-28-29-31-34-36-39-42-45-48-54(56)59-52-53(60-55(57)49-46-43-40-37-33-21-18-15-12-9-6-3)51-58-50-47-44-41-38-35-32-30-27-25-23-20-17-14-11-8-5-2/h17,20,25,27,53H,4-16,18-19,21-24,26,28-52H2,1-3H3/b20-17-,27-25-. The predicted molar refractivity (Wildman–Crippen MR) is 261 cm³/mol. The molecule has 0 rings (SSSR count). The number of allylic oxidation sites excluding steroid dienone is 4. The van der Waals surface area contributed by atoms with E-state index in [-0.39, 0.29) is 25.2 Å². The minimum absolute atomic E-state index is 0.0888. The third kappa shape index (κ3) is 49.0. The van der Waals surface area contributed by atoms with Crippen molar-refractivity contribution in [3.05, 3.63) is 24.3 Å². The van der Waals surface area contributed by atoms with Crippen LogP contribution in [-0.2, 0) is 23.8 Å². The van der Waals surface area contributed by atoms with Gasteiger partial charge in [0.1, 0.15) is 6.61 Å². The third-order valence-corrected chi connectivity index (χ3v) is 12.0. The fourth-order valence-electron chi connectivity index (χ4n) is 7.95. The highest BCUT2D eigenvalue weighted by Gasteiger charge is 2.17. The van der Waals surface area contributed by atoms with Crippen LogP contribution in [0.15, 0.2) is 24.3 Å². The maximum atomic E-state index is 12.8. The number of hydrogen-bond acceptors (Lipinski definition) is 5. The summed E-state index contributed by atoms with van der Waals surface area (Å²) in [5.41, 5.74) is 0. The molecule has 0 aliphatic heterocycles. The zero-order chi connectivity index (χ0) is 43.5. The molecule has 0 saturated carbocycles. The number of esters is 2. The Morgan fingerprint density at radius 1 is 0.367 bits per heavy atom. The molecule has 1 unspecified atom stereocenters. The van der Waals surface area contributed by atoms with E-state index in [9.17, 15) is 9.59 Å². The second kappa shape index (κ2) is 51.7. The van der Waals surface area contributed by atoms with Gasteiger partial charge in [0.15, 0.2) is 6.10 Å². The Morgan fingerprint density at radius 3 is 1.13 bits per heavy atom. The van der Waals surface area contributed by atoms with Gasteiger partial charge in [0.2, 0.25) is 0 Å². The zero-order valence-corrected chi connectivity index (χ0v) is 40.7. The van der Waals surface area contributed by atoms with Gasteiger partial charge >= 0.3 is 11.9 Å². The summed E-state index contributed by atoms with van der Waals surface area (Å²) in [6.07, 6.45) is 60.4. The summed E-state index contributed by atoms with van der Waals surface area (Å²) in [6, 6.07) is 0. The van der Waals surface area contributed by atoms with E-state index in [2.05, 4.69) is 45.1 Å². The van der Waals surface area contributed by atoms with E-state index in [0.29, 0.717) is 19.4 Å². The molecule has 0 aliphatic carbocycles. The Hall–Kier alpha value is -1.62. The van der Waals surface area contributed by atoms with Crippen molar-refractivity contribution in [1.29, 1.82) is 0 Å². The Labute approximate surface area is 375 Å². The second-order valence-corrected chi connectivity index (χ2v) is 18.1. The fourth-order valence-corrected chi connectivity index (χ4v) is 7.95. The summed E-state index contributed by atoms with van der Waals surface area (Å²) in [6.45, 7) is 7.83. The van der Waals surface area contributed by atoms with Crippen molar-refractivity contribution >= 4 is 11.9 Å². The highest BCUT2D eigenvalue weighted by atomic mass is 16.6. The van der Waals surface area contributed by atoms with Gasteiger partial charge in [0.05, 0.1) is 6.61 Å². The van der Waals surface area contributed by atoms with E-state index in [1.807, 2.05) is 0 Å². The van der Waals surface area contributed by atoms with Gasteiger partial charge in [-0.05, 0) is 51.4 Å². The number of rotatable bonds is 50. The second-order valence-electron chi connectivity index (χ2n) is 18.1. The number of unbranched alkanes of at least 4 members (excludes halogenated alkanes) is 35. The highest BCUT2D eigenvalue weighted by molar-refractivity contribution is 5.70. The van der Waals surface area contributed by atoms with Crippen LogP contribution in [0.25, 0.3) is 0 Å². The van der Waals surface area contributed by atoms with E-state index in [1.165, 1.54) is 212 Å². The van der Waals surface area contributed by atoms with Crippen LogP contribution in [0, 0.1) is 0 Å². The number of carbonyl (C=O) groups is 2. The summed E-state index contributed by atoms with van der Waals surface area (Å²) in [5, 5.41) is 0. The minimum atomic E-state index is -0.533. The molecule has 0 N–H and O–H groups in total. The van der Waals surface area contributed by atoms with Gasteiger partial charge in [-0.25, -0.2) is 0 Å². The lowest BCUT2D eigenvalue weighted by Gasteiger charge is -2.18. The molecule has 0 radical (unpaired) electrons. The van der Waals surface area contributed by atoms with E-state index in [4.69, 9.17) is 14.2 Å². The summed E-state index contributed by atoms with van der Waals surface area (Å²) in [7, 11) is 0. The molecular weight excluding hydrogens is 741 g/mol. The Balaban J connectivity index is 4.19. The lowest BCUT2D eigenvalue weighted by atomic mass is 10.0. The van der Waals surface area contributed by atoms with Crippen LogP contribution in [0.4, 0.5) is 0 Å². The van der Waals surface area contributed by atoms with Crippen molar-refractivity contribution < 1.29 is 23.8 Å². The van der Waals surface area contributed by atoms with Crippen LogP contribution in [0.1, 0.15) is 290 Å². The average molecular weight is 845 g/mol.